The SMILES string of the molecule is C/C=C/[C@H]1O[C@@](O)([C@@H](C)[C@H](O)[C@H](C)[C@H]2OC(=O)/C(OC)=C/C(C)=C/[C@@H](C)[C@@H](O)[C@@H](CC)[C@@H](OC(C)=O)[C@H](C)C/C(C)=C/C=C/[C@@H]2OC)C[C@@H](O[C@H]2C[C@@H](OC(C)=O)[C@H](OC(C)=O)[C@@H](C)O2)[C@@H]1C. The number of hydrogen-bond donors (Lipinski definition) is 3. The molecule has 18 atom stereocenters. The van der Waals surface area contributed by atoms with Gasteiger partial charge in [-0.05, 0) is 52.5 Å². The molecule has 380 valence electrons. The van der Waals surface area contributed by atoms with Crippen LogP contribution in [0.2, 0.25) is 0 Å². The Kier molecular flexibility index (Phi) is 22.4. The second-order valence-corrected chi connectivity index (χ2v) is 18.8. The smallest absolute Gasteiger partial charge is 0.373 e. The van der Waals surface area contributed by atoms with Crippen molar-refractivity contribution in [1.82, 2.24) is 0 Å². The van der Waals surface area contributed by atoms with Gasteiger partial charge in [-0.2, -0.15) is 0 Å². The van der Waals surface area contributed by atoms with E-state index in [0.717, 1.165) is 5.57 Å². The first-order chi connectivity index (χ1) is 31.4. The molecule has 0 bridgehead atoms. The number of esters is 4. The van der Waals surface area contributed by atoms with Crippen molar-refractivity contribution in [2.24, 2.45) is 35.5 Å². The first-order valence-electron chi connectivity index (χ1n) is 23.6. The summed E-state index contributed by atoms with van der Waals surface area (Å²) in [7, 11) is 2.80. The Hall–Kier alpha value is -3.90. The summed E-state index contributed by atoms with van der Waals surface area (Å²) in [4.78, 5) is 50.4. The fourth-order valence-corrected chi connectivity index (χ4v) is 9.68. The highest BCUT2D eigenvalue weighted by Gasteiger charge is 2.53. The molecule has 67 heavy (non-hydrogen) atoms. The van der Waals surface area contributed by atoms with E-state index in [1.165, 1.54) is 41.1 Å². The van der Waals surface area contributed by atoms with Crippen LogP contribution in [0.4, 0.5) is 0 Å². The number of aliphatic hydroxyl groups excluding tert-OH is 2. The van der Waals surface area contributed by atoms with Gasteiger partial charge in [0.2, 0.25) is 5.76 Å². The van der Waals surface area contributed by atoms with Crippen molar-refractivity contribution in [3.8, 4) is 0 Å². The number of carbonyl (C=O) groups excluding carboxylic acids is 4. The van der Waals surface area contributed by atoms with Crippen molar-refractivity contribution in [2.45, 2.75) is 189 Å². The zero-order valence-corrected chi connectivity index (χ0v) is 42.3. The van der Waals surface area contributed by atoms with Gasteiger partial charge in [0.25, 0.3) is 0 Å². The zero-order chi connectivity index (χ0) is 50.5. The summed E-state index contributed by atoms with van der Waals surface area (Å²) < 4.78 is 53.7. The summed E-state index contributed by atoms with van der Waals surface area (Å²) in [5.74, 6) is -7.73. The van der Waals surface area contributed by atoms with Crippen LogP contribution in [0.3, 0.4) is 0 Å². The summed E-state index contributed by atoms with van der Waals surface area (Å²) in [6, 6.07) is 0. The molecule has 3 aliphatic rings. The summed E-state index contributed by atoms with van der Waals surface area (Å²) in [6.07, 6.45) is 3.68. The number of aliphatic hydroxyl groups is 3. The van der Waals surface area contributed by atoms with Crippen LogP contribution >= 0.6 is 0 Å². The Morgan fingerprint density at radius 1 is 0.970 bits per heavy atom. The Labute approximate surface area is 398 Å². The molecule has 3 aliphatic heterocycles. The number of hydrogen-bond acceptors (Lipinski definition) is 16. The van der Waals surface area contributed by atoms with Gasteiger partial charge >= 0.3 is 23.9 Å². The van der Waals surface area contributed by atoms with Crippen molar-refractivity contribution in [2.75, 3.05) is 14.2 Å². The molecule has 0 saturated carbocycles. The molecule has 0 spiro atoms. The van der Waals surface area contributed by atoms with Crippen molar-refractivity contribution in [3.05, 3.63) is 59.4 Å². The number of carbonyl (C=O) groups is 4. The first kappa shape index (κ1) is 57.4. The van der Waals surface area contributed by atoms with Crippen molar-refractivity contribution in [3.63, 3.8) is 0 Å². The van der Waals surface area contributed by atoms with E-state index in [2.05, 4.69) is 0 Å². The maximum atomic E-state index is 14.1. The van der Waals surface area contributed by atoms with Crippen LogP contribution in [-0.2, 0) is 61.8 Å². The molecule has 0 amide bonds. The minimum absolute atomic E-state index is 0.0445. The molecule has 16 nitrogen and oxygen atoms in total. The quantitative estimate of drug-likeness (QED) is 0.101. The number of allylic oxidation sites excluding steroid dienone is 6. The Bertz CT molecular complexity index is 1800. The van der Waals surface area contributed by atoms with Crippen LogP contribution in [0.5, 0.6) is 0 Å². The van der Waals surface area contributed by atoms with Gasteiger partial charge in [-0.15, -0.1) is 0 Å². The number of cyclic esters (lactones) is 1. The van der Waals surface area contributed by atoms with Gasteiger partial charge in [-0.25, -0.2) is 4.79 Å². The lowest BCUT2D eigenvalue weighted by Gasteiger charge is -2.50. The Morgan fingerprint density at radius 3 is 2.16 bits per heavy atom. The van der Waals surface area contributed by atoms with Gasteiger partial charge in [-0.1, -0.05) is 89.1 Å². The molecule has 0 aromatic carbocycles. The fraction of sp³-hybridized carbons (Fsp3) is 0.725. The summed E-state index contributed by atoms with van der Waals surface area (Å²) in [5.41, 5.74) is 1.55. The van der Waals surface area contributed by atoms with Crippen LogP contribution < -0.4 is 0 Å². The molecule has 0 radical (unpaired) electrons. The van der Waals surface area contributed by atoms with Crippen molar-refractivity contribution < 1.29 is 77.1 Å². The lowest BCUT2D eigenvalue weighted by atomic mass is 9.77. The Morgan fingerprint density at radius 2 is 1.60 bits per heavy atom. The minimum atomic E-state index is -2.00. The minimum Gasteiger partial charge on any atom is -0.490 e. The van der Waals surface area contributed by atoms with E-state index in [0.29, 0.717) is 18.4 Å². The largest absolute Gasteiger partial charge is 0.490 e. The van der Waals surface area contributed by atoms with Gasteiger partial charge in [0.05, 0.1) is 37.6 Å². The maximum absolute atomic E-state index is 14.1. The highest BCUT2D eigenvalue weighted by Crippen LogP contribution is 2.43. The van der Waals surface area contributed by atoms with E-state index >= 15 is 0 Å². The van der Waals surface area contributed by atoms with Crippen LogP contribution in [-0.4, -0.2) is 127 Å². The van der Waals surface area contributed by atoms with Crippen LogP contribution in [0.1, 0.15) is 116 Å². The van der Waals surface area contributed by atoms with Gasteiger partial charge in [0, 0.05) is 70.3 Å². The molecule has 3 N–H and O–H groups in total. The monoisotopic (exact) mass is 949 g/mol. The van der Waals surface area contributed by atoms with Gasteiger partial charge < -0.3 is 58.0 Å². The number of ether oxygens (including phenoxy) is 9. The second-order valence-electron chi connectivity index (χ2n) is 18.8. The third-order valence-corrected chi connectivity index (χ3v) is 13.4. The van der Waals surface area contributed by atoms with Crippen molar-refractivity contribution >= 4 is 23.9 Å². The van der Waals surface area contributed by atoms with E-state index in [1.54, 1.807) is 52.0 Å². The van der Waals surface area contributed by atoms with E-state index in [-0.39, 0.29) is 36.4 Å². The summed E-state index contributed by atoms with van der Waals surface area (Å²) in [5, 5.41) is 36.5. The maximum Gasteiger partial charge on any atom is 0.373 e. The molecule has 2 fully saturated rings. The predicted molar refractivity (Wildman–Crippen MR) is 248 cm³/mol. The average molecular weight is 949 g/mol. The highest BCUT2D eigenvalue weighted by atomic mass is 16.7. The molecule has 3 heterocycles. The molecular weight excluding hydrogens is 869 g/mol. The topological polar surface area (TPSA) is 212 Å². The highest BCUT2D eigenvalue weighted by molar-refractivity contribution is 5.87. The molecule has 0 aromatic heterocycles. The lowest BCUT2D eigenvalue weighted by molar-refractivity contribution is -0.339. The van der Waals surface area contributed by atoms with Crippen LogP contribution in [0, 0.1) is 35.5 Å². The summed E-state index contributed by atoms with van der Waals surface area (Å²) in [6.45, 7) is 22.2. The number of rotatable bonds is 13. The second kappa shape index (κ2) is 26.2. The van der Waals surface area contributed by atoms with Gasteiger partial charge in [0.1, 0.15) is 24.4 Å². The van der Waals surface area contributed by atoms with E-state index in [1.807, 2.05) is 53.7 Å². The zero-order valence-electron chi connectivity index (χ0n) is 42.3. The number of methoxy groups -OCH3 is 2. The predicted octanol–water partition coefficient (Wildman–Crippen LogP) is 6.59. The Balaban J connectivity index is 2.05. The summed E-state index contributed by atoms with van der Waals surface area (Å²) >= 11 is 0. The normalized spacial score (nSPS) is 39.3. The van der Waals surface area contributed by atoms with Gasteiger partial charge in [-0.3, -0.25) is 14.4 Å². The lowest BCUT2D eigenvalue weighted by Crippen LogP contribution is -2.59. The third-order valence-electron chi connectivity index (χ3n) is 13.4. The standard InChI is InChI=1S/C51H80O16/c1-16-19-39-31(7)43(65-44-25-41(62-35(11)52)49(34(10)61-44)64-37(13)54)26-51(58,67-39)33(9)46(56)32(8)48-40(59-14)21-18-20-27(3)22-30(6)47(63-36(12)53)38(17-2)45(55)29(5)23-28(4)24-42(60-15)50(57)66-48/h16,18-21,23-24,29-34,38-41,43-49,55-56,58H,17,22,25-26H2,1-15H3/b19-16+,21-18+,27-20+,28-23+,42-24-/t29-,30-,31-,32+,33+,34-,38-,39-,40+,41-,43-,44+,45-,46-,47+,48-,49-,51-/m1/s1. The molecule has 0 aliphatic carbocycles. The molecule has 3 rings (SSSR count). The van der Waals surface area contributed by atoms with Crippen LogP contribution in [0.25, 0.3) is 0 Å². The van der Waals surface area contributed by atoms with Gasteiger partial charge in [0.15, 0.2) is 18.2 Å². The first-order valence-corrected chi connectivity index (χ1v) is 23.6. The average Bonchev–Trinajstić information content (AvgIpc) is 3.24. The van der Waals surface area contributed by atoms with E-state index in [4.69, 9.17) is 42.6 Å². The van der Waals surface area contributed by atoms with Crippen LogP contribution in [0.15, 0.2) is 59.4 Å². The molecule has 2 saturated heterocycles. The molecule has 16 heteroatoms. The van der Waals surface area contributed by atoms with E-state index in [9.17, 15) is 34.5 Å². The molecule has 0 unspecified atom stereocenters. The van der Waals surface area contributed by atoms with E-state index < -0.39 is 115 Å². The molecule has 0 aromatic rings. The van der Waals surface area contributed by atoms with Crippen molar-refractivity contribution in [1.29, 1.82) is 0 Å². The fourth-order valence-electron chi connectivity index (χ4n) is 9.68. The third kappa shape index (κ3) is 15.8. The molecular formula is C51H80O16.